The fourth-order valence-corrected chi connectivity index (χ4v) is 5.00. The van der Waals surface area contributed by atoms with E-state index in [0.29, 0.717) is 22.7 Å². The monoisotopic (exact) mass is 415 g/mol. The lowest BCUT2D eigenvalue weighted by molar-refractivity contribution is -0.885. The SMILES string of the molecule is CNC(=O)c1ccc(C[NH+](C)CC(=O)Nc2sc3c(c2C(N)=O)CCCC3)cc1. The van der Waals surface area contributed by atoms with E-state index in [2.05, 4.69) is 10.6 Å². The number of amides is 3. The lowest BCUT2D eigenvalue weighted by Gasteiger charge is -2.14. The van der Waals surface area contributed by atoms with Gasteiger partial charge >= 0.3 is 0 Å². The Morgan fingerprint density at radius 1 is 1.14 bits per heavy atom. The van der Waals surface area contributed by atoms with E-state index in [0.717, 1.165) is 46.6 Å². The van der Waals surface area contributed by atoms with Crippen LogP contribution in [0, 0.1) is 0 Å². The summed E-state index contributed by atoms with van der Waals surface area (Å²) in [6.45, 7) is 0.906. The van der Waals surface area contributed by atoms with Gasteiger partial charge in [-0.1, -0.05) is 12.1 Å². The molecule has 5 N–H and O–H groups in total. The minimum Gasteiger partial charge on any atom is -0.365 e. The van der Waals surface area contributed by atoms with E-state index in [-0.39, 0.29) is 18.4 Å². The molecule has 0 spiro atoms. The lowest BCUT2D eigenvalue weighted by Crippen LogP contribution is -3.08. The molecule has 3 amide bonds. The molecule has 29 heavy (non-hydrogen) atoms. The quantitative estimate of drug-likeness (QED) is 0.536. The van der Waals surface area contributed by atoms with Gasteiger partial charge in [0.25, 0.3) is 17.7 Å². The van der Waals surface area contributed by atoms with Crippen LogP contribution < -0.4 is 21.3 Å². The number of hydrogen-bond donors (Lipinski definition) is 4. The Labute approximate surface area is 174 Å². The zero-order chi connectivity index (χ0) is 21.0. The Bertz CT molecular complexity index is 921. The maximum Gasteiger partial charge on any atom is 0.280 e. The minimum atomic E-state index is -0.475. The highest BCUT2D eigenvalue weighted by Gasteiger charge is 2.25. The number of likely N-dealkylation sites (N-methyl/N-ethyl adjacent to an activating group) is 1. The van der Waals surface area contributed by atoms with Gasteiger partial charge < -0.3 is 21.3 Å². The molecule has 1 aliphatic rings. The summed E-state index contributed by atoms with van der Waals surface area (Å²) >= 11 is 1.48. The van der Waals surface area contributed by atoms with Crippen LogP contribution in [-0.2, 0) is 24.2 Å². The number of carbonyl (C=O) groups is 3. The molecule has 0 bridgehead atoms. The fraction of sp³-hybridized carbons (Fsp3) is 0.381. The highest BCUT2D eigenvalue weighted by molar-refractivity contribution is 7.17. The molecule has 0 aliphatic heterocycles. The molecule has 1 heterocycles. The number of aryl methyl sites for hydroxylation is 1. The molecule has 1 aromatic carbocycles. The van der Waals surface area contributed by atoms with Crippen molar-refractivity contribution < 1.29 is 19.3 Å². The Hall–Kier alpha value is -2.71. The Morgan fingerprint density at radius 2 is 1.83 bits per heavy atom. The van der Waals surface area contributed by atoms with Crippen molar-refractivity contribution in [1.29, 1.82) is 0 Å². The summed E-state index contributed by atoms with van der Waals surface area (Å²) in [5, 5.41) is 6.08. The van der Waals surface area contributed by atoms with Crippen molar-refractivity contribution in [1.82, 2.24) is 5.32 Å². The molecule has 0 fully saturated rings. The Morgan fingerprint density at radius 3 is 2.48 bits per heavy atom. The van der Waals surface area contributed by atoms with Crippen molar-refractivity contribution in [2.75, 3.05) is 26.0 Å². The molecule has 2 aromatic rings. The topological polar surface area (TPSA) is 106 Å². The van der Waals surface area contributed by atoms with Gasteiger partial charge in [0.2, 0.25) is 0 Å². The van der Waals surface area contributed by atoms with Crippen LogP contribution in [0.3, 0.4) is 0 Å². The molecule has 0 saturated carbocycles. The number of thiophene rings is 1. The van der Waals surface area contributed by atoms with Crippen LogP contribution in [0.2, 0.25) is 0 Å². The average Bonchev–Trinajstić information content (AvgIpc) is 3.05. The third-order valence-electron chi connectivity index (χ3n) is 5.08. The molecule has 0 radical (unpaired) electrons. The first kappa shape index (κ1) is 21.0. The first-order valence-electron chi connectivity index (χ1n) is 9.75. The molecule has 3 rings (SSSR count). The molecule has 1 atom stereocenters. The van der Waals surface area contributed by atoms with Crippen molar-refractivity contribution in [3.8, 4) is 0 Å². The summed E-state index contributed by atoms with van der Waals surface area (Å²) < 4.78 is 0. The van der Waals surface area contributed by atoms with E-state index in [1.54, 1.807) is 19.2 Å². The largest absolute Gasteiger partial charge is 0.365 e. The van der Waals surface area contributed by atoms with Gasteiger partial charge in [0.05, 0.1) is 12.6 Å². The van der Waals surface area contributed by atoms with Gasteiger partial charge in [-0.05, 0) is 43.4 Å². The van der Waals surface area contributed by atoms with Gasteiger partial charge in [-0.2, -0.15) is 0 Å². The number of carbonyl (C=O) groups excluding carboxylic acids is 3. The van der Waals surface area contributed by atoms with Crippen LogP contribution in [0.15, 0.2) is 24.3 Å². The summed E-state index contributed by atoms with van der Waals surface area (Å²) in [7, 11) is 3.53. The predicted molar refractivity (Wildman–Crippen MR) is 113 cm³/mol. The first-order valence-corrected chi connectivity index (χ1v) is 10.6. The number of primary amides is 1. The smallest absolute Gasteiger partial charge is 0.280 e. The summed E-state index contributed by atoms with van der Waals surface area (Å²) in [5.74, 6) is -0.747. The third-order valence-corrected chi connectivity index (χ3v) is 6.29. The minimum absolute atomic E-state index is 0.125. The zero-order valence-electron chi connectivity index (χ0n) is 16.8. The number of fused-ring (bicyclic) bond motifs is 1. The maximum atomic E-state index is 12.6. The van der Waals surface area contributed by atoms with E-state index < -0.39 is 5.91 Å². The number of benzene rings is 1. The first-order chi connectivity index (χ1) is 13.9. The van der Waals surface area contributed by atoms with Crippen LogP contribution in [0.1, 0.15) is 49.6 Å². The van der Waals surface area contributed by atoms with Gasteiger partial charge in [-0.3, -0.25) is 14.4 Å². The summed E-state index contributed by atoms with van der Waals surface area (Å²) in [5.41, 5.74) is 8.73. The molecular formula is C21H27N4O3S+. The number of anilines is 1. The van der Waals surface area contributed by atoms with Crippen LogP contribution in [0.5, 0.6) is 0 Å². The van der Waals surface area contributed by atoms with Crippen LogP contribution in [0.4, 0.5) is 5.00 Å². The van der Waals surface area contributed by atoms with E-state index in [1.807, 2.05) is 19.2 Å². The molecule has 8 heteroatoms. The summed E-state index contributed by atoms with van der Waals surface area (Å²) in [6, 6.07) is 7.34. The van der Waals surface area contributed by atoms with E-state index in [4.69, 9.17) is 5.73 Å². The molecular weight excluding hydrogens is 388 g/mol. The number of rotatable bonds is 7. The molecule has 1 unspecified atom stereocenters. The van der Waals surface area contributed by atoms with Crippen molar-refractivity contribution in [2.45, 2.75) is 32.2 Å². The molecule has 1 aliphatic carbocycles. The number of quaternary nitrogens is 1. The summed E-state index contributed by atoms with van der Waals surface area (Å²) in [4.78, 5) is 38.3. The third kappa shape index (κ3) is 5.02. The molecule has 154 valence electrons. The van der Waals surface area contributed by atoms with E-state index >= 15 is 0 Å². The van der Waals surface area contributed by atoms with Crippen LogP contribution in [-0.4, -0.2) is 38.4 Å². The van der Waals surface area contributed by atoms with Gasteiger partial charge in [0, 0.05) is 23.1 Å². The highest BCUT2D eigenvalue weighted by atomic mass is 32.1. The van der Waals surface area contributed by atoms with E-state index in [9.17, 15) is 14.4 Å². The second-order valence-corrected chi connectivity index (χ2v) is 8.52. The fourth-order valence-electron chi connectivity index (χ4n) is 3.69. The van der Waals surface area contributed by atoms with Crippen molar-refractivity contribution in [2.24, 2.45) is 5.73 Å². The Kier molecular flexibility index (Phi) is 6.66. The Balaban J connectivity index is 1.61. The lowest BCUT2D eigenvalue weighted by atomic mass is 9.95. The van der Waals surface area contributed by atoms with Gasteiger partial charge in [0.15, 0.2) is 6.54 Å². The normalized spacial score (nSPS) is 14.0. The number of nitrogens with two attached hydrogens (primary N) is 1. The highest BCUT2D eigenvalue weighted by Crippen LogP contribution is 2.37. The second kappa shape index (κ2) is 9.19. The molecule has 1 aromatic heterocycles. The molecule has 7 nitrogen and oxygen atoms in total. The van der Waals surface area contributed by atoms with Crippen molar-refractivity contribution in [3.05, 3.63) is 51.4 Å². The van der Waals surface area contributed by atoms with Crippen LogP contribution in [0.25, 0.3) is 0 Å². The predicted octanol–water partition coefficient (Wildman–Crippen LogP) is 0.739. The van der Waals surface area contributed by atoms with Gasteiger partial charge in [-0.15, -0.1) is 11.3 Å². The second-order valence-electron chi connectivity index (χ2n) is 7.41. The summed E-state index contributed by atoms with van der Waals surface area (Å²) in [6.07, 6.45) is 3.93. The van der Waals surface area contributed by atoms with Crippen molar-refractivity contribution >= 4 is 34.1 Å². The zero-order valence-corrected chi connectivity index (χ0v) is 17.6. The van der Waals surface area contributed by atoms with Crippen LogP contribution >= 0.6 is 11.3 Å². The maximum absolute atomic E-state index is 12.6. The van der Waals surface area contributed by atoms with E-state index in [1.165, 1.54) is 11.3 Å². The standard InChI is InChI=1S/C21H26N4O3S/c1-23-20(28)14-9-7-13(8-10-14)11-25(2)12-17(26)24-21-18(19(22)27)15-5-3-4-6-16(15)29-21/h7-10H,3-6,11-12H2,1-2H3,(H2,22,27)(H,23,28)(H,24,26)/p+1. The number of hydrogen-bond acceptors (Lipinski definition) is 4. The average molecular weight is 416 g/mol. The van der Waals surface area contributed by atoms with Gasteiger partial charge in [0.1, 0.15) is 11.5 Å². The molecule has 0 saturated heterocycles. The van der Waals surface area contributed by atoms with Gasteiger partial charge in [-0.25, -0.2) is 0 Å². The van der Waals surface area contributed by atoms with Crippen molar-refractivity contribution in [3.63, 3.8) is 0 Å². The number of nitrogens with one attached hydrogen (secondary N) is 3.